The van der Waals surface area contributed by atoms with Crippen molar-refractivity contribution in [1.29, 1.82) is 0 Å². The molecule has 0 spiro atoms. The third-order valence-corrected chi connectivity index (χ3v) is 4.27. The molecule has 0 fully saturated rings. The maximum absolute atomic E-state index is 12.4. The second-order valence-corrected chi connectivity index (χ2v) is 6.85. The lowest BCUT2D eigenvalue weighted by Crippen LogP contribution is -2.27. The first-order chi connectivity index (χ1) is 12.7. The van der Waals surface area contributed by atoms with Crippen LogP contribution in [0.25, 0.3) is 10.9 Å². The van der Waals surface area contributed by atoms with Crippen LogP contribution >= 0.6 is 15.9 Å². The van der Waals surface area contributed by atoms with Gasteiger partial charge in [0.25, 0.3) is 5.91 Å². The molecule has 0 aliphatic rings. The Balaban J connectivity index is 1.65. The van der Waals surface area contributed by atoms with Crippen LogP contribution in [0.5, 0.6) is 5.75 Å². The van der Waals surface area contributed by atoms with Crippen LogP contribution in [0.2, 0.25) is 0 Å². The van der Waals surface area contributed by atoms with Gasteiger partial charge in [0.2, 0.25) is 0 Å². The number of amides is 1. The Kier molecular flexibility index (Phi) is 5.41. The van der Waals surface area contributed by atoms with Crippen LogP contribution in [-0.2, 0) is 0 Å². The van der Waals surface area contributed by atoms with Crippen molar-refractivity contribution in [1.82, 2.24) is 15.3 Å². The molecule has 0 radical (unpaired) electrons. The Morgan fingerprint density at radius 1 is 1.30 bits per heavy atom. The van der Waals surface area contributed by atoms with E-state index in [0.717, 1.165) is 15.4 Å². The zero-order valence-corrected chi connectivity index (χ0v) is 15.7. The number of carbonyl (C=O) groups is 1. The van der Waals surface area contributed by atoms with Crippen molar-refractivity contribution in [3.63, 3.8) is 0 Å². The smallest absolute Gasteiger partial charge is 0.422 e. The van der Waals surface area contributed by atoms with Gasteiger partial charge in [-0.15, -0.1) is 0 Å². The fraction of sp³-hybridized carbons (Fsp3) is 0.222. The Bertz CT molecular complexity index is 955. The fourth-order valence-corrected chi connectivity index (χ4v) is 2.85. The molecule has 0 aliphatic heterocycles. The number of H-pyrrole nitrogens is 1. The highest BCUT2D eigenvalue weighted by Gasteiger charge is 2.28. The number of pyridine rings is 1. The van der Waals surface area contributed by atoms with Crippen LogP contribution < -0.4 is 10.1 Å². The van der Waals surface area contributed by atoms with Crippen molar-refractivity contribution in [2.75, 3.05) is 6.61 Å². The Morgan fingerprint density at radius 3 is 2.74 bits per heavy atom. The first-order valence-corrected chi connectivity index (χ1v) is 8.75. The molecule has 9 heteroatoms. The molecule has 1 atom stereocenters. The number of carbonyl (C=O) groups excluding carboxylic acids is 1. The topological polar surface area (TPSA) is 67.0 Å². The van der Waals surface area contributed by atoms with E-state index in [1.54, 1.807) is 13.0 Å². The van der Waals surface area contributed by atoms with Gasteiger partial charge in [-0.2, -0.15) is 13.2 Å². The predicted molar refractivity (Wildman–Crippen MR) is 97.7 cm³/mol. The number of fused-ring (bicyclic) bond motifs is 1. The fourth-order valence-electron chi connectivity index (χ4n) is 2.47. The van der Waals surface area contributed by atoms with Gasteiger partial charge in [-0.3, -0.25) is 9.78 Å². The molecule has 1 aromatic carbocycles. The molecule has 0 bridgehead atoms. The largest absolute Gasteiger partial charge is 0.483 e. The quantitative estimate of drug-likeness (QED) is 0.599. The Morgan fingerprint density at radius 2 is 2.07 bits per heavy atom. The summed E-state index contributed by atoms with van der Waals surface area (Å²) >= 11 is 3.38. The van der Waals surface area contributed by atoms with E-state index >= 15 is 0 Å². The summed E-state index contributed by atoms with van der Waals surface area (Å²) in [6.07, 6.45) is -3.21. The van der Waals surface area contributed by atoms with E-state index in [9.17, 15) is 18.0 Å². The van der Waals surface area contributed by atoms with Gasteiger partial charge in [0.1, 0.15) is 11.4 Å². The molecule has 3 aromatic rings. The summed E-state index contributed by atoms with van der Waals surface area (Å²) in [6.45, 7) is 0.354. The molecule has 0 aliphatic carbocycles. The highest BCUT2D eigenvalue weighted by Crippen LogP contribution is 2.22. The van der Waals surface area contributed by atoms with Crippen molar-refractivity contribution in [3.8, 4) is 5.75 Å². The number of ether oxygens (including phenoxy) is 1. The van der Waals surface area contributed by atoms with Gasteiger partial charge in [0.15, 0.2) is 6.61 Å². The molecule has 2 N–H and O–H groups in total. The molecule has 142 valence electrons. The van der Waals surface area contributed by atoms with E-state index in [1.165, 1.54) is 18.3 Å². The summed E-state index contributed by atoms with van der Waals surface area (Å²) in [5, 5.41) is 3.69. The monoisotopic (exact) mass is 441 g/mol. The van der Waals surface area contributed by atoms with Crippen molar-refractivity contribution in [2.45, 2.75) is 19.1 Å². The van der Waals surface area contributed by atoms with E-state index in [1.807, 2.05) is 18.2 Å². The number of hydrogen-bond donors (Lipinski definition) is 2. The minimum absolute atomic E-state index is 0.01000. The van der Waals surface area contributed by atoms with Gasteiger partial charge in [-0.05, 0) is 43.3 Å². The SMILES string of the molecule is CC(NC(=O)c1cc2cc(Br)ccc2[nH]1)c1ccc(OCC(F)(F)F)cn1. The normalized spacial score (nSPS) is 12.8. The number of hydrogen-bond acceptors (Lipinski definition) is 3. The molecule has 0 saturated carbocycles. The zero-order valence-electron chi connectivity index (χ0n) is 14.1. The molecular weight excluding hydrogens is 427 g/mol. The standard InChI is InChI=1S/C18H15BrF3N3O2/c1-10(14-5-3-13(8-23-14)27-9-18(20,21)22)24-17(26)16-7-11-6-12(19)2-4-15(11)25-16/h2-8,10,25H,9H2,1H3,(H,24,26). The number of aromatic amines is 1. The summed E-state index contributed by atoms with van der Waals surface area (Å²) in [5.74, 6) is -0.301. The number of nitrogens with zero attached hydrogens (tertiary/aromatic N) is 1. The molecule has 1 unspecified atom stereocenters. The average Bonchev–Trinajstić information content (AvgIpc) is 3.03. The first-order valence-electron chi connectivity index (χ1n) is 7.96. The molecule has 0 saturated heterocycles. The molecule has 2 heterocycles. The number of nitrogens with one attached hydrogen (secondary N) is 2. The number of aromatic nitrogens is 2. The van der Waals surface area contributed by atoms with Gasteiger partial charge in [-0.1, -0.05) is 15.9 Å². The third-order valence-electron chi connectivity index (χ3n) is 3.78. The van der Waals surface area contributed by atoms with Crippen LogP contribution in [0.1, 0.15) is 29.1 Å². The molecule has 27 heavy (non-hydrogen) atoms. The molecule has 3 rings (SSSR count). The average molecular weight is 442 g/mol. The molecule has 2 aromatic heterocycles. The van der Waals surface area contributed by atoms with Gasteiger partial charge >= 0.3 is 6.18 Å². The van der Waals surface area contributed by atoms with Gasteiger partial charge < -0.3 is 15.0 Å². The number of alkyl halides is 3. The minimum Gasteiger partial charge on any atom is -0.483 e. The van der Waals surface area contributed by atoms with Crippen LogP contribution in [0.4, 0.5) is 13.2 Å². The number of rotatable bonds is 5. The summed E-state index contributed by atoms with van der Waals surface area (Å²) < 4.78 is 42.0. The predicted octanol–water partition coefficient (Wildman–Crippen LogP) is 4.76. The highest BCUT2D eigenvalue weighted by atomic mass is 79.9. The number of benzene rings is 1. The van der Waals surface area contributed by atoms with E-state index in [2.05, 4.69) is 36.0 Å². The van der Waals surface area contributed by atoms with E-state index in [-0.39, 0.29) is 11.7 Å². The third kappa shape index (κ3) is 5.00. The van der Waals surface area contributed by atoms with Crippen molar-refractivity contribution in [3.05, 3.63) is 58.5 Å². The molecular formula is C18H15BrF3N3O2. The van der Waals surface area contributed by atoms with Crippen molar-refractivity contribution < 1.29 is 22.7 Å². The maximum atomic E-state index is 12.4. The van der Waals surface area contributed by atoms with E-state index < -0.39 is 18.8 Å². The second-order valence-electron chi connectivity index (χ2n) is 5.93. The summed E-state index contributed by atoms with van der Waals surface area (Å²) in [6, 6.07) is 9.83. The summed E-state index contributed by atoms with van der Waals surface area (Å²) in [7, 11) is 0. The second kappa shape index (κ2) is 7.59. The van der Waals surface area contributed by atoms with Crippen LogP contribution in [0.3, 0.4) is 0 Å². The first kappa shape index (κ1) is 19.2. The lowest BCUT2D eigenvalue weighted by molar-refractivity contribution is -0.153. The molecule has 5 nitrogen and oxygen atoms in total. The highest BCUT2D eigenvalue weighted by molar-refractivity contribution is 9.10. The van der Waals surface area contributed by atoms with Crippen LogP contribution in [0, 0.1) is 0 Å². The van der Waals surface area contributed by atoms with E-state index in [0.29, 0.717) is 11.4 Å². The maximum Gasteiger partial charge on any atom is 0.422 e. The summed E-state index contributed by atoms with van der Waals surface area (Å²) in [4.78, 5) is 19.5. The number of halogens is 4. The van der Waals surface area contributed by atoms with E-state index in [4.69, 9.17) is 0 Å². The molecule has 1 amide bonds. The Labute approximate surface area is 161 Å². The van der Waals surface area contributed by atoms with Gasteiger partial charge in [0, 0.05) is 15.4 Å². The zero-order chi connectivity index (χ0) is 19.6. The lowest BCUT2D eigenvalue weighted by atomic mass is 10.2. The minimum atomic E-state index is -4.41. The van der Waals surface area contributed by atoms with Crippen molar-refractivity contribution in [2.24, 2.45) is 0 Å². The van der Waals surface area contributed by atoms with Crippen LogP contribution in [-0.4, -0.2) is 28.7 Å². The van der Waals surface area contributed by atoms with Gasteiger partial charge in [-0.25, -0.2) is 0 Å². The van der Waals surface area contributed by atoms with Crippen molar-refractivity contribution >= 4 is 32.7 Å². The van der Waals surface area contributed by atoms with Gasteiger partial charge in [0.05, 0.1) is 17.9 Å². The summed E-state index contributed by atoms with van der Waals surface area (Å²) in [5.41, 5.74) is 1.74. The Hall–Kier alpha value is -2.55. The van der Waals surface area contributed by atoms with Crippen LogP contribution in [0.15, 0.2) is 47.1 Å². The lowest BCUT2D eigenvalue weighted by Gasteiger charge is -2.14.